The summed E-state index contributed by atoms with van der Waals surface area (Å²) in [4.78, 5) is 11.0. The van der Waals surface area contributed by atoms with Crippen molar-refractivity contribution in [3.05, 3.63) is 29.7 Å². The van der Waals surface area contributed by atoms with E-state index in [2.05, 4.69) is 5.10 Å². The summed E-state index contributed by atoms with van der Waals surface area (Å²) in [5, 5.41) is 22.6. The number of fused-ring (bicyclic) bond motifs is 1. The third-order valence-corrected chi connectivity index (χ3v) is 4.47. The van der Waals surface area contributed by atoms with E-state index in [-0.39, 0.29) is 11.5 Å². The van der Waals surface area contributed by atoms with Crippen LogP contribution in [0.15, 0.2) is 18.3 Å². The summed E-state index contributed by atoms with van der Waals surface area (Å²) >= 11 is 0. The predicted molar refractivity (Wildman–Crippen MR) is 77.5 cm³/mol. The second kappa shape index (κ2) is 5.76. The maximum Gasteiger partial charge on any atom is 0.306 e. The van der Waals surface area contributed by atoms with Crippen LogP contribution in [0.5, 0.6) is 0 Å². The Hall–Kier alpha value is -2.42. The lowest BCUT2D eigenvalue weighted by Crippen LogP contribution is -2.24. The number of nitrogens with zero attached hydrogens (tertiary/aromatic N) is 3. The van der Waals surface area contributed by atoms with E-state index in [0.717, 1.165) is 12.8 Å². The van der Waals surface area contributed by atoms with Crippen LogP contribution in [-0.2, 0) is 11.3 Å². The van der Waals surface area contributed by atoms with E-state index >= 15 is 0 Å². The van der Waals surface area contributed by atoms with E-state index in [0.29, 0.717) is 36.2 Å². The number of hydrogen-bond donors (Lipinski definition) is 1. The molecule has 1 aromatic carbocycles. The van der Waals surface area contributed by atoms with Gasteiger partial charge >= 0.3 is 5.97 Å². The van der Waals surface area contributed by atoms with Crippen LogP contribution in [-0.4, -0.2) is 20.9 Å². The molecule has 1 aliphatic rings. The summed E-state index contributed by atoms with van der Waals surface area (Å²) in [5.41, 5.74) is 0.901. The van der Waals surface area contributed by atoms with Crippen LogP contribution in [0.25, 0.3) is 10.9 Å². The molecule has 114 valence electrons. The molecule has 0 atom stereocenters. The van der Waals surface area contributed by atoms with Crippen molar-refractivity contribution in [3.63, 3.8) is 0 Å². The Labute approximate surface area is 127 Å². The van der Waals surface area contributed by atoms with Crippen molar-refractivity contribution in [3.8, 4) is 6.07 Å². The van der Waals surface area contributed by atoms with Gasteiger partial charge in [0.15, 0.2) is 0 Å². The zero-order chi connectivity index (χ0) is 15.7. The van der Waals surface area contributed by atoms with Gasteiger partial charge in [0.1, 0.15) is 5.82 Å². The summed E-state index contributed by atoms with van der Waals surface area (Å²) in [6.07, 6.45) is 4.50. The molecule has 22 heavy (non-hydrogen) atoms. The normalized spacial score (nSPS) is 21.6. The van der Waals surface area contributed by atoms with Crippen molar-refractivity contribution < 1.29 is 14.3 Å². The van der Waals surface area contributed by atoms with Crippen molar-refractivity contribution in [1.29, 1.82) is 5.26 Å². The molecule has 0 saturated heterocycles. The maximum atomic E-state index is 13.9. The third-order valence-electron chi connectivity index (χ3n) is 4.47. The van der Waals surface area contributed by atoms with Crippen LogP contribution in [0.3, 0.4) is 0 Å². The minimum absolute atomic E-state index is 0.242. The topological polar surface area (TPSA) is 78.9 Å². The minimum atomic E-state index is -0.719. The Morgan fingerprint density at radius 2 is 2.14 bits per heavy atom. The molecule has 1 N–H and O–H groups in total. The number of aliphatic carboxylic acids is 1. The molecule has 3 rings (SSSR count). The van der Waals surface area contributed by atoms with Crippen LogP contribution in [0.4, 0.5) is 4.39 Å². The van der Waals surface area contributed by atoms with Crippen LogP contribution >= 0.6 is 0 Å². The lowest BCUT2D eigenvalue weighted by Gasteiger charge is -2.26. The Balaban J connectivity index is 1.79. The maximum absolute atomic E-state index is 13.9. The lowest BCUT2D eigenvalue weighted by atomic mass is 9.82. The number of carboxylic acid groups (broad SMARTS) is 1. The average Bonchev–Trinajstić information content (AvgIpc) is 2.91. The number of rotatable bonds is 3. The number of carbonyl (C=O) groups is 1. The molecule has 1 aliphatic carbocycles. The van der Waals surface area contributed by atoms with Gasteiger partial charge in [-0.25, -0.2) is 4.39 Å². The number of halogens is 1. The first kappa shape index (κ1) is 14.5. The number of hydrogen-bond acceptors (Lipinski definition) is 3. The number of nitriles is 1. The first-order valence-corrected chi connectivity index (χ1v) is 7.36. The quantitative estimate of drug-likeness (QED) is 0.945. The molecular weight excluding hydrogens is 285 g/mol. The average molecular weight is 301 g/mol. The molecule has 1 fully saturated rings. The fourth-order valence-electron chi connectivity index (χ4n) is 3.18. The highest BCUT2D eigenvalue weighted by Crippen LogP contribution is 2.31. The highest BCUT2D eigenvalue weighted by Gasteiger charge is 2.26. The van der Waals surface area contributed by atoms with Gasteiger partial charge in [-0.1, -0.05) is 0 Å². The molecule has 6 heteroatoms. The van der Waals surface area contributed by atoms with Gasteiger partial charge in [0, 0.05) is 6.54 Å². The Morgan fingerprint density at radius 3 is 2.77 bits per heavy atom. The van der Waals surface area contributed by atoms with Gasteiger partial charge < -0.3 is 5.11 Å². The Bertz CT molecular complexity index is 755. The number of aromatic nitrogens is 2. The summed E-state index contributed by atoms with van der Waals surface area (Å²) in [6, 6.07) is 4.81. The first-order chi connectivity index (χ1) is 10.6. The van der Waals surface area contributed by atoms with Gasteiger partial charge in [-0.3, -0.25) is 9.48 Å². The van der Waals surface area contributed by atoms with E-state index in [9.17, 15) is 9.18 Å². The van der Waals surface area contributed by atoms with Crippen LogP contribution in [0.1, 0.15) is 31.2 Å². The van der Waals surface area contributed by atoms with Gasteiger partial charge in [-0.15, -0.1) is 0 Å². The Kier molecular flexibility index (Phi) is 3.80. The summed E-state index contributed by atoms with van der Waals surface area (Å²) in [7, 11) is 0. The molecule has 0 bridgehead atoms. The highest BCUT2D eigenvalue weighted by atomic mass is 19.1. The van der Waals surface area contributed by atoms with Gasteiger partial charge in [0.05, 0.1) is 34.7 Å². The molecular formula is C16H16FN3O2. The number of carboxylic acids is 1. The molecule has 5 nitrogen and oxygen atoms in total. The predicted octanol–water partition coefficient (Wildman–Crippen LogP) is 2.94. The zero-order valence-corrected chi connectivity index (χ0v) is 12.0. The van der Waals surface area contributed by atoms with Gasteiger partial charge in [0.25, 0.3) is 0 Å². The van der Waals surface area contributed by atoms with Crippen LogP contribution < -0.4 is 0 Å². The molecule has 1 heterocycles. The van der Waals surface area contributed by atoms with E-state index in [4.69, 9.17) is 10.4 Å². The third kappa shape index (κ3) is 2.67. The van der Waals surface area contributed by atoms with E-state index in [1.54, 1.807) is 10.7 Å². The molecule has 0 spiro atoms. The molecule has 1 saturated carbocycles. The second-order valence-corrected chi connectivity index (χ2v) is 5.89. The standard InChI is InChI=1S/C16H16FN3O2/c17-14-5-11(7-18)6-15-13(14)8-19-20(15)9-10-1-3-12(4-2-10)16(21)22/h5-6,8,10,12H,1-4,9H2,(H,21,22). The first-order valence-electron chi connectivity index (χ1n) is 7.36. The fraction of sp³-hybridized carbons (Fsp3) is 0.438. The monoisotopic (exact) mass is 301 g/mol. The largest absolute Gasteiger partial charge is 0.481 e. The molecule has 2 aromatic rings. The smallest absolute Gasteiger partial charge is 0.306 e. The van der Waals surface area contributed by atoms with Crippen molar-refractivity contribution in [1.82, 2.24) is 9.78 Å². The van der Waals surface area contributed by atoms with E-state index in [1.807, 2.05) is 6.07 Å². The van der Waals surface area contributed by atoms with Crippen LogP contribution in [0, 0.1) is 29.0 Å². The lowest BCUT2D eigenvalue weighted by molar-refractivity contribution is -0.143. The molecule has 1 aromatic heterocycles. The van der Waals surface area contributed by atoms with Crippen molar-refractivity contribution in [2.75, 3.05) is 0 Å². The van der Waals surface area contributed by atoms with Crippen LogP contribution in [0.2, 0.25) is 0 Å². The second-order valence-electron chi connectivity index (χ2n) is 5.89. The van der Waals surface area contributed by atoms with Gasteiger partial charge in [0.2, 0.25) is 0 Å². The Morgan fingerprint density at radius 1 is 1.41 bits per heavy atom. The SMILES string of the molecule is N#Cc1cc(F)c2cnn(CC3CCC(C(=O)O)CC3)c2c1. The summed E-state index contributed by atoms with van der Waals surface area (Å²) in [6.45, 7) is 0.629. The summed E-state index contributed by atoms with van der Waals surface area (Å²) < 4.78 is 15.6. The fourth-order valence-corrected chi connectivity index (χ4v) is 3.18. The molecule has 0 amide bonds. The summed E-state index contributed by atoms with van der Waals surface area (Å²) in [5.74, 6) is -1.06. The van der Waals surface area contributed by atoms with Gasteiger partial charge in [-0.05, 0) is 43.7 Å². The number of benzene rings is 1. The zero-order valence-electron chi connectivity index (χ0n) is 12.0. The van der Waals surface area contributed by atoms with Crippen molar-refractivity contribution in [2.45, 2.75) is 32.2 Å². The van der Waals surface area contributed by atoms with Crippen molar-refractivity contribution >= 4 is 16.9 Å². The van der Waals surface area contributed by atoms with Crippen molar-refractivity contribution in [2.24, 2.45) is 11.8 Å². The molecule has 0 unspecified atom stereocenters. The minimum Gasteiger partial charge on any atom is -0.481 e. The van der Waals surface area contributed by atoms with E-state index in [1.165, 1.54) is 12.3 Å². The molecule has 0 aliphatic heterocycles. The highest BCUT2D eigenvalue weighted by molar-refractivity contribution is 5.80. The van der Waals surface area contributed by atoms with Gasteiger partial charge in [-0.2, -0.15) is 10.4 Å². The van der Waals surface area contributed by atoms with E-state index < -0.39 is 11.8 Å². The molecule has 0 radical (unpaired) electrons.